The smallest absolute Gasteiger partial charge is 0.0490 e. The Morgan fingerprint density at radius 1 is 0.667 bits per heavy atom. The summed E-state index contributed by atoms with van der Waals surface area (Å²) in [6, 6.07) is 0. The maximum atomic E-state index is 5.33. The van der Waals surface area contributed by atoms with E-state index in [4.69, 9.17) is 4.74 Å². The molecule has 3 rings (SSSR count). The third-order valence-corrected chi connectivity index (χ3v) is 6.70. The van der Waals surface area contributed by atoms with E-state index in [0.717, 1.165) is 24.4 Å². The number of piperidine rings is 1. The van der Waals surface area contributed by atoms with Crippen LogP contribution in [0, 0.1) is 17.8 Å². The Kier molecular flexibility index (Phi) is 7.38. The van der Waals surface area contributed by atoms with Crippen molar-refractivity contribution in [3.05, 3.63) is 0 Å². The molecule has 0 aromatic heterocycles. The third-order valence-electron chi connectivity index (χ3n) is 6.70. The van der Waals surface area contributed by atoms with E-state index in [0.29, 0.717) is 0 Å². The van der Waals surface area contributed by atoms with Gasteiger partial charge in [0.25, 0.3) is 0 Å². The molecule has 0 aromatic rings. The maximum Gasteiger partial charge on any atom is 0.0490 e. The Hall–Kier alpha value is -0.160. The predicted octanol–water partition coefficient (Wildman–Crippen LogP) is 2.40. The van der Waals surface area contributed by atoms with Gasteiger partial charge in [0.15, 0.2) is 0 Å². The molecule has 0 atom stereocenters. The maximum absolute atomic E-state index is 5.33. The minimum atomic E-state index is 0.834. The second kappa shape index (κ2) is 9.51. The highest BCUT2D eigenvalue weighted by molar-refractivity contribution is 4.80. The van der Waals surface area contributed by atoms with Gasteiger partial charge < -0.3 is 19.4 Å². The quantitative estimate of drug-likeness (QED) is 0.741. The van der Waals surface area contributed by atoms with Crippen molar-refractivity contribution in [2.45, 2.75) is 38.5 Å². The second-order valence-electron chi connectivity index (χ2n) is 8.69. The van der Waals surface area contributed by atoms with Crippen LogP contribution in [-0.2, 0) is 4.74 Å². The minimum absolute atomic E-state index is 0.834. The van der Waals surface area contributed by atoms with E-state index in [1.165, 1.54) is 90.9 Å². The van der Waals surface area contributed by atoms with Crippen LogP contribution in [0.15, 0.2) is 0 Å². The van der Waals surface area contributed by atoms with Gasteiger partial charge in [-0.2, -0.15) is 0 Å². The van der Waals surface area contributed by atoms with Crippen molar-refractivity contribution >= 4 is 0 Å². The zero-order valence-electron chi connectivity index (χ0n) is 16.1. The van der Waals surface area contributed by atoms with Crippen LogP contribution in [0.3, 0.4) is 0 Å². The van der Waals surface area contributed by atoms with Crippen molar-refractivity contribution in [3.8, 4) is 0 Å². The van der Waals surface area contributed by atoms with Crippen molar-refractivity contribution in [3.63, 3.8) is 0 Å². The lowest BCUT2D eigenvalue weighted by molar-refractivity contribution is 0.0843. The second-order valence-corrected chi connectivity index (χ2v) is 8.69. The number of rotatable bonds is 6. The summed E-state index contributed by atoms with van der Waals surface area (Å²) in [6.07, 6.45) is 8.47. The Labute approximate surface area is 149 Å². The summed E-state index contributed by atoms with van der Waals surface area (Å²) in [5, 5.41) is 0. The molecule has 2 saturated heterocycles. The summed E-state index contributed by atoms with van der Waals surface area (Å²) < 4.78 is 5.33. The zero-order chi connectivity index (χ0) is 16.8. The summed E-state index contributed by atoms with van der Waals surface area (Å²) in [5.41, 5.74) is 0. The van der Waals surface area contributed by atoms with Crippen LogP contribution >= 0.6 is 0 Å². The number of ether oxygens (including phenoxy) is 1. The van der Waals surface area contributed by atoms with Crippen molar-refractivity contribution in [1.29, 1.82) is 0 Å². The first kappa shape index (κ1) is 18.6. The molecule has 2 aliphatic heterocycles. The Morgan fingerprint density at radius 2 is 1.17 bits per heavy atom. The number of hydrogen-bond donors (Lipinski definition) is 0. The minimum Gasteiger partial charge on any atom is -0.384 e. The number of likely N-dealkylation sites (N-methyl/N-ethyl adjacent to an activating group) is 1. The molecule has 0 radical (unpaired) electrons. The molecule has 1 aliphatic carbocycles. The van der Waals surface area contributed by atoms with Gasteiger partial charge in [-0.1, -0.05) is 0 Å². The molecule has 140 valence electrons. The van der Waals surface area contributed by atoms with Crippen LogP contribution in [0.5, 0.6) is 0 Å². The normalized spacial score (nSPS) is 32.2. The fourth-order valence-corrected chi connectivity index (χ4v) is 4.93. The van der Waals surface area contributed by atoms with Gasteiger partial charge in [0.2, 0.25) is 0 Å². The van der Waals surface area contributed by atoms with Gasteiger partial charge in [0.05, 0.1) is 0 Å². The van der Waals surface area contributed by atoms with E-state index < -0.39 is 0 Å². The molecule has 1 saturated carbocycles. The molecule has 0 N–H and O–H groups in total. The standard InChI is InChI=1S/C20H39N3O/c1-21-11-13-23(14-12-21)16-19-7-9-22(10-8-19)15-18-3-5-20(6-4-18)17-24-2/h18-20H,3-17H2,1-2H3. The van der Waals surface area contributed by atoms with Gasteiger partial charge in [0.1, 0.15) is 0 Å². The van der Waals surface area contributed by atoms with Crippen molar-refractivity contribution in [2.24, 2.45) is 17.8 Å². The number of hydrogen-bond acceptors (Lipinski definition) is 4. The molecule has 2 heterocycles. The molecule has 0 bridgehead atoms. The Morgan fingerprint density at radius 3 is 1.75 bits per heavy atom. The molecular weight excluding hydrogens is 298 g/mol. The number of nitrogens with zero attached hydrogens (tertiary/aromatic N) is 3. The van der Waals surface area contributed by atoms with Crippen LogP contribution in [0.25, 0.3) is 0 Å². The van der Waals surface area contributed by atoms with Crippen LogP contribution in [0.4, 0.5) is 0 Å². The topological polar surface area (TPSA) is 19.0 Å². The third kappa shape index (κ3) is 5.69. The van der Waals surface area contributed by atoms with Crippen LogP contribution in [0.1, 0.15) is 38.5 Å². The first-order chi connectivity index (χ1) is 11.7. The lowest BCUT2D eigenvalue weighted by atomic mass is 9.82. The molecule has 3 fully saturated rings. The van der Waals surface area contributed by atoms with Gasteiger partial charge in [0, 0.05) is 53.0 Å². The SMILES string of the molecule is COCC1CCC(CN2CCC(CN3CCN(C)CC3)CC2)CC1. The van der Waals surface area contributed by atoms with Gasteiger partial charge in [-0.25, -0.2) is 0 Å². The predicted molar refractivity (Wildman–Crippen MR) is 100 cm³/mol. The van der Waals surface area contributed by atoms with E-state index in [9.17, 15) is 0 Å². The molecule has 3 aliphatic rings. The van der Waals surface area contributed by atoms with Gasteiger partial charge >= 0.3 is 0 Å². The van der Waals surface area contributed by atoms with E-state index in [2.05, 4.69) is 21.7 Å². The molecule has 0 amide bonds. The largest absolute Gasteiger partial charge is 0.384 e. The summed E-state index contributed by atoms with van der Waals surface area (Å²) in [7, 11) is 4.09. The Bertz CT molecular complexity index is 341. The number of piperazine rings is 1. The van der Waals surface area contributed by atoms with Crippen molar-refractivity contribution in [2.75, 3.05) is 73.1 Å². The molecule has 4 nitrogen and oxygen atoms in total. The fourth-order valence-electron chi connectivity index (χ4n) is 4.93. The average molecular weight is 338 g/mol. The lowest BCUT2D eigenvalue weighted by Gasteiger charge is -2.39. The lowest BCUT2D eigenvalue weighted by Crippen LogP contribution is -2.47. The van der Waals surface area contributed by atoms with Crippen LogP contribution in [-0.4, -0.2) is 87.8 Å². The monoisotopic (exact) mass is 337 g/mol. The highest BCUT2D eigenvalue weighted by atomic mass is 16.5. The fraction of sp³-hybridized carbons (Fsp3) is 1.00. The molecule has 0 unspecified atom stereocenters. The molecule has 4 heteroatoms. The first-order valence-electron chi connectivity index (χ1n) is 10.3. The highest BCUT2D eigenvalue weighted by Gasteiger charge is 2.26. The highest BCUT2D eigenvalue weighted by Crippen LogP contribution is 2.30. The zero-order valence-corrected chi connectivity index (χ0v) is 16.1. The van der Waals surface area contributed by atoms with Gasteiger partial charge in [-0.15, -0.1) is 0 Å². The number of methoxy groups -OCH3 is 1. The van der Waals surface area contributed by atoms with Gasteiger partial charge in [-0.05, 0) is 76.4 Å². The molecule has 0 aromatic carbocycles. The van der Waals surface area contributed by atoms with Crippen molar-refractivity contribution < 1.29 is 4.74 Å². The van der Waals surface area contributed by atoms with E-state index in [1.54, 1.807) is 0 Å². The van der Waals surface area contributed by atoms with Crippen LogP contribution < -0.4 is 0 Å². The average Bonchev–Trinajstić information content (AvgIpc) is 2.61. The summed E-state index contributed by atoms with van der Waals surface area (Å²) in [4.78, 5) is 7.93. The first-order valence-corrected chi connectivity index (χ1v) is 10.3. The molecule has 0 spiro atoms. The van der Waals surface area contributed by atoms with Crippen molar-refractivity contribution in [1.82, 2.24) is 14.7 Å². The summed E-state index contributed by atoms with van der Waals surface area (Å²) in [5.74, 6) is 2.73. The summed E-state index contributed by atoms with van der Waals surface area (Å²) >= 11 is 0. The number of likely N-dealkylation sites (tertiary alicyclic amines) is 1. The van der Waals surface area contributed by atoms with E-state index in [-0.39, 0.29) is 0 Å². The molecular formula is C20H39N3O. The van der Waals surface area contributed by atoms with E-state index in [1.807, 2.05) is 7.11 Å². The summed E-state index contributed by atoms with van der Waals surface area (Å²) in [6.45, 7) is 11.4. The Balaban J connectivity index is 1.30. The molecule has 24 heavy (non-hydrogen) atoms. The van der Waals surface area contributed by atoms with Gasteiger partial charge in [-0.3, -0.25) is 0 Å². The van der Waals surface area contributed by atoms with E-state index >= 15 is 0 Å². The van der Waals surface area contributed by atoms with Crippen LogP contribution in [0.2, 0.25) is 0 Å².